The second kappa shape index (κ2) is 9.72. The lowest BCUT2D eigenvalue weighted by molar-refractivity contribution is -0.192. The Bertz CT molecular complexity index is 749. The van der Waals surface area contributed by atoms with Gasteiger partial charge in [-0.05, 0) is 43.0 Å². The Labute approximate surface area is 171 Å². The first kappa shape index (κ1) is 24.0. The van der Waals surface area contributed by atoms with Gasteiger partial charge in [-0.2, -0.15) is 13.2 Å². The van der Waals surface area contributed by atoms with E-state index in [2.05, 4.69) is 18.7 Å². The van der Waals surface area contributed by atoms with E-state index in [0.717, 1.165) is 32.0 Å². The maximum Gasteiger partial charge on any atom is 0.490 e. The number of fused-ring (bicyclic) bond motifs is 1. The largest absolute Gasteiger partial charge is 0.490 e. The van der Waals surface area contributed by atoms with Crippen LogP contribution in [-0.2, 0) is 16.1 Å². The van der Waals surface area contributed by atoms with Crippen LogP contribution in [0.1, 0.15) is 38.7 Å². The van der Waals surface area contributed by atoms with Gasteiger partial charge in [-0.25, -0.2) is 13.6 Å². The Kier molecular flexibility index (Phi) is 7.79. The van der Waals surface area contributed by atoms with Gasteiger partial charge in [-0.3, -0.25) is 9.69 Å². The van der Waals surface area contributed by atoms with E-state index < -0.39 is 23.8 Å². The monoisotopic (exact) mass is 436 g/mol. The number of likely N-dealkylation sites (tertiary alicyclic amines) is 2. The van der Waals surface area contributed by atoms with E-state index in [-0.39, 0.29) is 18.0 Å². The predicted molar refractivity (Wildman–Crippen MR) is 98.4 cm³/mol. The molecule has 2 aliphatic rings. The average molecular weight is 436 g/mol. The van der Waals surface area contributed by atoms with E-state index >= 15 is 0 Å². The smallest absolute Gasteiger partial charge is 0.475 e. The van der Waals surface area contributed by atoms with E-state index in [9.17, 15) is 26.7 Å². The highest BCUT2D eigenvalue weighted by molar-refractivity contribution is 5.80. The van der Waals surface area contributed by atoms with Gasteiger partial charge < -0.3 is 10.0 Å². The first-order chi connectivity index (χ1) is 13.9. The minimum Gasteiger partial charge on any atom is -0.475 e. The van der Waals surface area contributed by atoms with Crippen molar-refractivity contribution in [3.63, 3.8) is 0 Å². The molecular weight excluding hydrogens is 411 g/mol. The van der Waals surface area contributed by atoms with Crippen molar-refractivity contribution in [1.29, 1.82) is 0 Å². The molecule has 0 bridgehead atoms. The van der Waals surface area contributed by atoms with Crippen LogP contribution in [-0.4, -0.2) is 58.1 Å². The Morgan fingerprint density at radius 3 is 2.23 bits per heavy atom. The predicted octanol–water partition coefficient (Wildman–Crippen LogP) is 3.82. The van der Waals surface area contributed by atoms with E-state index in [4.69, 9.17) is 9.90 Å². The molecule has 2 atom stereocenters. The molecule has 168 valence electrons. The van der Waals surface area contributed by atoms with Gasteiger partial charge in [0.2, 0.25) is 5.91 Å². The van der Waals surface area contributed by atoms with Crippen molar-refractivity contribution in [2.24, 2.45) is 5.92 Å². The number of aliphatic carboxylic acids is 1. The fraction of sp³-hybridized carbons (Fsp3) is 0.600. The molecule has 30 heavy (non-hydrogen) atoms. The van der Waals surface area contributed by atoms with Crippen LogP contribution < -0.4 is 0 Å². The van der Waals surface area contributed by atoms with Crippen LogP contribution in [0, 0.1) is 17.6 Å². The number of carbonyl (C=O) groups excluding carboxylic acids is 1. The number of carboxylic acids is 1. The molecule has 1 aromatic rings. The van der Waals surface area contributed by atoms with Crippen LogP contribution in [0.3, 0.4) is 0 Å². The highest BCUT2D eigenvalue weighted by Crippen LogP contribution is 2.34. The standard InChI is InChI=1S/C18H24F2N2O.C2HF3O2/c1-12(2)3-5-21-6-4-16-17(21)10-18(23)22(16)11-13-7-14(19)9-15(20)8-13;3-2(4,5)1(6)7/h7-9,12,16-17H,3-6,10-11H2,1-2H3;(H,6,7)/t16-,17-;/m0./s1. The minimum atomic E-state index is -5.08. The molecule has 0 radical (unpaired) electrons. The van der Waals surface area contributed by atoms with Gasteiger partial charge in [0.25, 0.3) is 0 Å². The molecule has 3 rings (SSSR count). The molecule has 10 heteroatoms. The number of carbonyl (C=O) groups is 2. The number of alkyl halides is 3. The van der Waals surface area contributed by atoms with Crippen molar-refractivity contribution < 1.29 is 36.6 Å². The van der Waals surface area contributed by atoms with Gasteiger partial charge in [-0.15, -0.1) is 0 Å². The lowest BCUT2D eigenvalue weighted by Crippen LogP contribution is -2.37. The number of hydrogen-bond acceptors (Lipinski definition) is 3. The molecule has 2 saturated heterocycles. The molecule has 2 heterocycles. The quantitative estimate of drug-likeness (QED) is 0.713. The third-order valence-electron chi connectivity index (χ3n) is 5.24. The van der Waals surface area contributed by atoms with Crippen molar-refractivity contribution in [2.45, 2.75) is 57.9 Å². The summed E-state index contributed by atoms with van der Waals surface area (Å²) in [5, 5.41) is 7.12. The van der Waals surface area contributed by atoms with Crippen LogP contribution in [0.25, 0.3) is 0 Å². The highest BCUT2D eigenvalue weighted by atomic mass is 19.4. The first-order valence-corrected chi connectivity index (χ1v) is 9.67. The Morgan fingerprint density at radius 2 is 1.73 bits per heavy atom. The van der Waals surface area contributed by atoms with Gasteiger partial charge in [-0.1, -0.05) is 13.8 Å². The molecular formula is C20H25F5N2O3. The minimum absolute atomic E-state index is 0.0962. The van der Waals surface area contributed by atoms with Crippen molar-refractivity contribution in [1.82, 2.24) is 9.80 Å². The summed E-state index contributed by atoms with van der Waals surface area (Å²) in [6.45, 7) is 6.74. The van der Waals surface area contributed by atoms with Crippen LogP contribution in [0.4, 0.5) is 22.0 Å². The molecule has 2 aliphatic heterocycles. The Hall–Kier alpha value is -2.23. The first-order valence-electron chi connectivity index (χ1n) is 9.67. The van der Waals surface area contributed by atoms with Crippen molar-refractivity contribution >= 4 is 11.9 Å². The van der Waals surface area contributed by atoms with E-state index in [1.165, 1.54) is 12.1 Å². The third-order valence-corrected chi connectivity index (χ3v) is 5.24. The SMILES string of the molecule is CC(C)CCN1CC[C@H]2[C@@H]1CC(=O)N2Cc1cc(F)cc(F)c1.O=C(O)C(F)(F)F. The van der Waals surface area contributed by atoms with Crippen molar-refractivity contribution in [3.05, 3.63) is 35.4 Å². The van der Waals surface area contributed by atoms with Crippen LogP contribution >= 0.6 is 0 Å². The van der Waals surface area contributed by atoms with Gasteiger partial charge in [0.05, 0.1) is 0 Å². The lowest BCUT2D eigenvalue weighted by atomic mass is 10.1. The second-order valence-corrected chi connectivity index (χ2v) is 7.95. The zero-order valence-electron chi connectivity index (χ0n) is 16.8. The normalized spacial score (nSPS) is 21.6. The number of rotatable bonds is 5. The van der Waals surface area contributed by atoms with Crippen LogP contribution in [0.15, 0.2) is 18.2 Å². The summed E-state index contributed by atoms with van der Waals surface area (Å²) in [5.74, 6) is -3.19. The van der Waals surface area contributed by atoms with Gasteiger partial charge in [0.1, 0.15) is 11.6 Å². The molecule has 5 nitrogen and oxygen atoms in total. The molecule has 1 amide bonds. The summed E-state index contributed by atoms with van der Waals surface area (Å²) in [6.07, 6.45) is -2.47. The summed E-state index contributed by atoms with van der Waals surface area (Å²) in [7, 11) is 0. The molecule has 0 saturated carbocycles. The molecule has 0 aliphatic carbocycles. The van der Waals surface area contributed by atoms with E-state index in [1.54, 1.807) is 0 Å². The average Bonchev–Trinajstić information content (AvgIpc) is 3.11. The number of benzene rings is 1. The summed E-state index contributed by atoms with van der Waals surface area (Å²) >= 11 is 0. The second-order valence-electron chi connectivity index (χ2n) is 7.95. The highest BCUT2D eigenvalue weighted by Gasteiger charge is 2.46. The third kappa shape index (κ3) is 6.38. The number of hydrogen-bond donors (Lipinski definition) is 1. The molecule has 2 fully saturated rings. The Balaban J connectivity index is 0.000000396. The van der Waals surface area contributed by atoms with E-state index in [1.807, 2.05) is 4.90 Å². The van der Waals surface area contributed by atoms with Crippen molar-refractivity contribution in [2.75, 3.05) is 13.1 Å². The molecule has 0 spiro atoms. The fourth-order valence-corrected chi connectivity index (χ4v) is 3.82. The number of nitrogens with zero attached hydrogens (tertiary/aromatic N) is 2. The topological polar surface area (TPSA) is 60.9 Å². The molecule has 1 aromatic carbocycles. The Morgan fingerprint density at radius 1 is 1.17 bits per heavy atom. The molecule has 1 N–H and O–H groups in total. The maximum absolute atomic E-state index is 13.4. The fourth-order valence-electron chi connectivity index (χ4n) is 3.82. The molecule has 0 aromatic heterocycles. The van der Waals surface area contributed by atoms with Gasteiger partial charge >= 0.3 is 12.1 Å². The summed E-state index contributed by atoms with van der Waals surface area (Å²) < 4.78 is 58.4. The number of halogens is 5. The van der Waals surface area contributed by atoms with Crippen LogP contribution in [0.5, 0.6) is 0 Å². The lowest BCUT2D eigenvalue weighted by Gasteiger charge is -2.26. The van der Waals surface area contributed by atoms with Gasteiger partial charge in [0, 0.05) is 37.7 Å². The van der Waals surface area contributed by atoms with Crippen LogP contribution in [0.2, 0.25) is 0 Å². The number of carboxylic acid groups (broad SMARTS) is 1. The molecule has 0 unspecified atom stereocenters. The maximum atomic E-state index is 13.4. The number of amides is 1. The zero-order chi connectivity index (χ0) is 22.6. The summed E-state index contributed by atoms with van der Waals surface area (Å²) in [6, 6.07) is 3.94. The van der Waals surface area contributed by atoms with Crippen molar-refractivity contribution in [3.8, 4) is 0 Å². The summed E-state index contributed by atoms with van der Waals surface area (Å²) in [4.78, 5) is 25.5. The van der Waals surface area contributed by atoms with E-state index in [0.29, 0.717) is 24.4 Å². The summed E-state index contributed by atoms with van der Waals surface area (Å²) in [5.41, 5.74) is 0.525. The van der Waals surface area contributed by atoms with Gasteiger partial charge in [0.15, 0.2) is 0 Å². The zero-order valence-corrected chi connectivity index (χ0v) is 16.8.